The molecule has 0 fully saturated rings. The fraction of sp³-hybridized carbons (Fsp3) is 0.235. The van der Waals surface area contributed by atoms with Gasteiger partial charge in [-0.2, -0.15) is 3.71 Å². The quantitative estimate of drug-likeness (QED) is 0.220. The lowest BCUT2D eigenvalue weighted by Gasteiger charge is -2.19. The van der Waals surface area contributed by atoms with Gasteiger partial charge in [0.05, 0.1) is 24.7 Å². The summed E-state index contributed by atoms with van der Waals surface area (Å²) in [5.74, 6) is 0.692. The molecule has 0 aliphatic rings. The molecule has 0 amide bonds. The molecule has 0 saturated heterocycles. The Morgan fingerprint density at radius 2 is 1.55 bits per heavy atom. The Balaban J connectivity index is 0.00000420. The highest BCUT2D eigenvalue weighted by atomic mass is 127. The van der Waals surface area contributed by atoms with E-state index in [9.17, 15) is 16.8 Å². The van der Waals surface area contributed by atoms with Crippen LogP contribution in [0.4, 0.5) is 11.4 Å². The van der Waals surface area contributed by atoms with Gasteiger partial charge in [-0.3, -0.25) is 0 Å². The molecule has 9 nitrogen and oxygen atoms in total. The number of nitrogens with two attached hydrogens (primary N) is 1. The first kappa shape index (κ1) is 25.0. The topological polar surface area (TPSA) is 131 Å². The molecule has 0 aliphatic heterocycles. The first-order chi connectivity index (χ1) is 13.1. The molecule has 2 rings (SSSR count). The van der Waals surface area contributed by atoms with Crippen LogP contribution in [0.1, 0.15) is 0 Å². The summed E-state index contributed by atoms with van der Waals surface area (Å²) < 4.78 is 52.9. The van der Waals surface area contributed by atoms with Crippen molar-refractivity contribution in [3.05, 3.63) is 54.6 Å². The van der Waals surface area contributed by atoms with E-state index < -0.39 is 20.0 Å². The second kappa shape index (κ2) is 10.6. The number of aliphatic imine (C=N–C) groups is 1. The Bertz CT molecular complexity index is 995. The Morgan fingerprint density at radius 3 is 2.07 bits per heavy atom. The van der Waals surface area contributed by atoms with E-state index in [1.165, 1.54) is 24.3 Å². The molecular formula is C17H23IN4O5S2. The van der Waals surface area contributed by atoms with Crippen molar-refractivity contribution in [2.75, 3.05) is 34.7 Å². The molecule has 12 heteroatoms. The molecule has 0 heterocycles. The average Bonchev–Trinajstić information content (AvgIpc) is 2.58. The summed E-state index contributed by atoms with van der Waals surface area (Å²) in [6.45, 7) is 0.532. The van der Waals surface area contributed by atoms with Crippen LogP contribution in [0.2, 0.25) is 0 Å². The molecule has 2 aromatic carbocycles. The van der Waals surface area contributed by atoms with E-state index in [0.29, 0.717) is 16.0 Å². The molecule has 0 spiro atoms. The van der Waals surface area contributed by atoms with Crippen LogP contribution in [0.3, 0.4) is 0 Å². The maximum absolute atomic E-state index is 11.8. The molecule has 0 atom stereocenters. The number of sulfonamides is 2. The first-order valence-electron chi connectivity index (χ1n) is 8.13. The lowest BCUT2D eigenvalue weighted by molar-refractivity contribution is 0.329. The highest BCUT2D eigenvalue weighted by molar-refractivity contribution is 14.0. The number of benzene rings is 2. The maximum Gasteiger partial charge on any atom is 0.245 e. The zero-order valence-electron chi connectivity index (χ0n) is 15.8. The van der Waals surface area contributed by atoms with Crippen LogP contribution >= 0.6 is 24.0 Å². The average molecular weight is 554 g/mol. The van der Waals surface area contributed by atoms with E-state index in [2.05, 4.69) is 10.3 Å². The molecule has 29 heavy (non-hydrogen) atoms. The molecule has 0 bridgehead atoms. The predicted molar refractivity (Wildman–Crippen MR) is 126 cm³/mol. The minimum atomic E-state index is -3.98. The Kier molecular flexibility index (Phi) is 9.16. The van der Waals surface area contributed by atoms with Crippen molar-refractivity contribution in [3.8, 4) is 5.75 Å². The third-order valence-electron chi connectivity index (χ3n) is 3.34. The monoisotopic (exact) mass is 554 g/mol. The van der Waals surface area contributed by atoms with Crippen LogP contribution in [0, 0.1) is 0 Å². The molecule has 160 valence electrons. The number of nitrogens with zero attached hydrogens (tertiary/aromatic N) is 2. The van der Waals surface area contributed by atoms with Crippen LogP contribution in [-0.2, 0) is 20.0 Å². The van der Waals surface area contributed by atoms with E-state index in [1.807, 2.05) is 30.3 Å². The number of anilines is 2. The van der Waals surface area contributed by atoms with Gasteiger partial charge in [0.25, 0.3) is 0 Å². The van der Waals surface area contributed by atoms with Gasteiger partial charge in [-0.25, -0.2) is 21.8 Å². The number of hydrogen-bond acceptors (Lipinski definition) is 6. The summed E-state index contributed by atoms with van der Waals surface area (Å²) in [6.07, 6.45) is 1.65. The number of hydrogen-bond donors (Lipinski definition) is 2. The van der Waals surface area contributed by atoms with E-state index in [4.69, 9.17) is 10.5 Å². The summed E-state index contributed by atoms with van der Waals surface area (Å²) in [5.41, 5.74) is 6.61. The van der Waals surface area contributed by atoms with Gasteiger partial charge in [0.15, 0.2) is 5.96 Å². The molecule has 3 N–H and O–H groups in total. The molecule has 2 aromatic rings. The van der Waals surface area contributed by atoms with Crippen molar-refractivity contribution in [1.29, 1.82) is 0 Å². The molecule has 0 aromatic heterocycles. The van der Waals surface area contributed by atoms with E-state index >= 15 is 0 Å². The largest absolute Gasteiger partial charge is 0.492 e. The normalized spacial score (nSPS) is 12.0. The summed E-state index contributed by atoms with van der Waals surface area (Å²) in [4.78, 5) is 4.14. The summed E-state index contributed by atoms with van der Waals surface area (Å²) in [6, 6.07) is 15.0. The summed E-state index contributed by atoms with van der Waals surface area (Å²) in [5, 5.41) is 2.94. The van der Waals surface area contributed by atoms with Crippen molar-refractivity contribution < 1.29 is 21.6 Å². The highest BCUT2D eigenvalue weighted by Crippen LogP contribution is 2.23. The van der Waals surface area contributed by atoms with Gasteiger partial charge in [-0.1, -0.05) is 18.2 Å². The molecule has 0 aliphatic carbocycles. The summed E-state index contributed by atoms with van der Waals surface area (Å²) >= 11 is 0. The van der Waals surface area contributed by atoms with Crippen LogP contribution < -0.4 is 19.5 Å². The fourth-order valence-electron chi connectivity index (χ4n) is 2.33. The second-order valence-corrected chi connectivity index (χ2v) is 9.72. The van der Waals surface area contributed by atoms with Gasteiger partial charge < -0.3 is 15.8 Å². The lowest BCUT2D eigenvalue weighted by Crippen LogP contribution is -2.35. The number of ether oxygens (including phenoxy) is 1. The van der Waals surface area contributed by atoms with E-state index in [0.717, 1.165) is 18.2 Å². The van der Waals surface area contributed by atoms with Crippen LogP contribution in [-0.4, -0.2) is 48.5 Å². The Hall–Kier alpha value is -2.06. The van der Waals surface area contributed by atoms with Gasteiger partial charge in [-0.05, 0) is 36.4 Å². The van der Waals surface area contributed by atoms with Crippen molar-refractivity contribution in [3.63, 3.8) is 0 Å². The SMILES string of the molecule is CS(=O)(=O)N(c1ccc(OCCN=C(N)Nc2ccccc2)cc1)S(C)(=O)=O.I. The molecular weight excluding hydrogens is 531 g/mol. The standard InChI is InChI=1S/C17H22N4O5S2.HI/c1-27(22,23)21(28(2,24)25)15-8-10-16(11-9-15)26-13-12-19-17(18)20-14-6-4-3-5-7-14;/h3-11H,12-13H2,1-2H3,(H3,18,19,20);1H. The predicted octanol–water partition coefficient (Wildman–Crippen LogP) is 1.84. The third kappa shape index (κ3) is 8.06. The van der Waals surface area contributed by atoms with Crippen LogP contribution in [0.25, 0.3) is 0 Å². The Labute approximate surface area is 188 Å². The Morgan fingerprint density at radius 1 is 1.00 bits per heavy atom. The molecule has 0 saturated carbocycles. The number of halogens is 1. The minimum absolute atomic E-state index is 0. The second-order valence-electron chi connectivity index (χ2n) is 5.82. The summed E-state index contributed by atoms with van der Waals surface area (Å²) in [7, 11) is -7.96. The van der Waals surface area contributed by atoms with Crippen molar-refractivity contribution in [1.82, 2.24) is 0 Å². The zero-order valence-corrected chi connectivity index (χ0v) is 19.8. The number of rotatable bonds is 8. The van der Waals surface area contributed by atoms with E-state index in [-0.39, 0.29) is 42.2 Å². The number of guanidine groups is 1. The number of para-hydroxylation sites is 1. The minimum Gasteiger partial charge on any atom is -0.492 e. The smallest absolute Gasteiger partial charge is 0.245 e. The molecule has 0 radical (unpaired) electrons. The van der Waals surface area contributed by atoms with Crippen LogP contribution in [0.15, 0.2) is 59.6 Å². The fourth-order valence-corrected chi connectivity index (χ4v) is 5.31. The van der Waals surface area contributed by atoms with Crippen molar-refractivity contribution in [2.45, 2.75) is 0 Å². The van der Waals surface area contributed by atoms with Gasteiger partial charge in [0, 0.05) is 5.69 Å². The third-order valence-corrected chi connectivity index (χ3v) is 6.59. The van der Waals surface area contributed by atoms with Crippen molar-refractivity contribution in [2.24, 2.45) is 10.7 Å². The van der Waals surface area contributed by atoms with Gasteiger partial charge >= 0.3 is 0 Å². The first-order valence-corrected chi connectivity index (χ1v) is 11.8. The maximum atomic E-state index is 11.8. The number of nitrogens with one attached hydrogen (secondary N) is 1. The molecule has 0 unspecified atom stereocenters. The van der Waals surface area contributed by atoms with Gasteiger partial charge in [0.1, 0.15) is 12.4 Å². The zero-order chi connectivity index (χ0) is 20.8. The highest BCUT2D eigenvalue weighted by Gasteiger charge is 2.27. The van der Waals surface area contributed by atoms with Crippen molar-refractivity contribution >= 4 is 61.4 Å². The lowest BCUT2D eigenvalue weighted by atomic mass is 10.3. The van der Waals surface area contributed by atoms with Gasteiger partial charge in [0.2, 0.25) is 20.0 Å². The van der Waals surface area contributed by atoms with E-state index in [1.54, 1.807) is 0 Å². The van der Waals surface area contributed by atoms with Gasteiger partial charge in [-0.15, -0.1) is 24.0 Å². The van der Waals surface area contributed by atoms with Crippen LogP contribution in [0.5, 0.6) is 5.75 Å².